The maximum atomic E-state index is 11.9. The first-order chi connectivity index (χ1) is 12.9. The van der Waals surface area contributed by atoms with Crippen LogP contribution in [0.4, 0.5) is 0 Å². The molecule has 1 aromatic carbocycles. The molecule has 27 heavy (non-hydrogen) atoms. The van der Waals surface area contributed by atoms with Crippen molar-refractivity contribution in [2.75, 3.05) is 19.7 Å². The van der Waals surface area contributed by atoms with Gasteiger partial charge in [-0.3, -0.25) is 4.79 Å². The van der Waals surface area contributed by atoms with Gasteiger partial charge >= 0.3 is 0 Å². The van der Waals surface area contributed by atoms with Gasteiger partial charge < -0.3 is 14.4 Å². The molecule has 1 amide bonds. The summed E-state index contributed by atoms with van der Waals surface area (Å²) in [6, 6.07) is 9.77. The largest absolute Gasteiger partial charge is 0.491 e. The van der Waals surface area contributed by atoms with Gasteiger partial charge in [-0.15, -0.1) is 0 Å². The Morgan fingerprint density at radius 2 is 2.22 bits per heavy atom. The number of hydrogen-bond acceptors (Lipinski definition) is 5. The molecule has 0 aliphatic carbocycles. The highest BCUT2D eigenvalue weighted by Crippen LogP contribution is 2.33. The molecule has 0 N–H and O–H groups in total. The molecule has 2 aromatic rings. The first-order valence-electron chi connectivity index (χ1n) is 9.23. The highest BCUT2D eigenvalue weighted by molar-refractivity contribution is 5.88. The van der Waals surface area contributed by atoms with Crippen molar-refractivity contribution in [2.45, 2.75) is 39.7 Å². The van der Waals surface area contributed by atoms with E-state index >= 15 is 0 Å². The number of benzene rings is 1. The van der Waals surface area contributed by atoms with Gasteiger partial charge in [-0.05, 0) is 43.9 Å². The summed E-state index contributed by atoms with van der Waals surface area (Å²) in [7, 11) is 0. The summed E-state index contributed by atoms with van der Waals surface area (Å²) in [5.41, 5.74) is -0.152. The number of likely N-dealkylation sites (tertiary alicyclic amines) is 1. The lowest BCUT2D eigenvalue weighted by Gasteiger charge is -2.24. The summed E-state index contributed by atoms with van der Waals surface area (Å²) in [5, 5.41) is 10.7. The summed E-state index contributed by atoms with van der Waals surface area (Å²) in [4.78, 5) is 18.1. The van der Waals surface area contributed by atoms with E-state index in [9.17, 15) is 4.79 Å². The topological polar surface area (TPSA) is 75.5 Å². The number of fused-ring (bicyclic) bond motifs is 1. The van der Waals surface area contributed by atoms with Crippen LogP contribution < -0.4 is 9.47 Å². The molecule has 3 rings (SSSR count). The number of carbonyl (C=O) groups is 1. The van der Waals surface area contributed by atoms with Crippen molar-refractivity contribution in [1.29, 1.82) is 5.26 Å². The van der Waals surface area contributed by atoms with Gasteiger partial charge in [0.15, 0.2) is 0 Å². The number of pyridine rings is 1. The lowest BCUT2D eigenvalue weighted by Crippen LogP contribution is -2.33. The first kappa shape index (κ1) is 19.0. The zero-order chi connectivity index (χ0) is 19.4. The molecule has 6 nitrogen and oxygen atoms in total. The molecule has 1 unspecified atom stereocenters. The molecule has 1 atom stereocenters. The van der Waals surface area contributed by atoms with Crippen LogP contribution in [0.2, 0.25) is 0 Å². The van der Waals surface area contributed by atoms with Crippen LogP contribution in [-0.4, -0.2) is 41.6 Å². The normalized spacial score (nSPS) is 19.3. The minimum absolute atomic E-state index is 0.0690. The number of nitrogens with zero attached hydrogens (tertiary/aromatic N) is 3. The third kappa shape index (κ3) is 4.48. The fourth-order valence-corrected chi connectivity index (χ4v) is 3.36. The van der Waals surface area contributed by atoms with Crippen LogP contribution in [0.15, 0.2) is 30.5 Å². The van der Waals surface area contributed by atoms with Crippen LogP contribution in [0, 0.1) is 16.7 Å². The maximum absolute atomic E-state index is 11.9. The Labute approximate surface area is 159 Å². The summed E-state index contributed by atoms with van der Waals surface area (Å²) < 4.78 is 11.9. The van der Waals surface area contributed by atoms with E-state index in [1.807, 2.05) is 44.2 Å². The van der Waals surface area contributed by atoms with E-state index < -0.39 is 0 Å². The molecular formula is C21H25N3O3. The van der Waals surface area contributed by atoms with Crippen molar-refractivity contribution in [3.63, 3.8) is 0 Å². The van der Waals surface area contributed by atoms with E-state index in [0.29, 0.717) is 25.6 Å². The highest BCUT2D eigenvalue weighted by atomic mass is 16.5. The van der Waals surface area contributed by atoms with Crippen LogP contribution in [0.3, 0.4) is 0 Å². The third-order valence-corrected chi connectivity index (χ3v) is 4.77. The quantitative estimate of drug-likeness (QED) is 0.780. The molecular weight excluding hydrogens is 342 g/mol. The van der Waals surface area contributed by atoms with Crippen molar-refractivity contribution in [2.24, 2.45) is 5.41 Å². The molecule has 2 heterocycles. The van der Waals surface area contributed by atoms with Gasteiger partial charge in [0.25, 0.3) is 0 Å². The summed E-state index contributed by atoms with van der Waals surface area (Å²) >= 11 is 0. The minimum atomic E-state index is -0.152. The number of hydrogen-bond donors (Lipinski definition) is 0. The first-order valence-corrected chi connectivity index (χ1v) is 9.23. The number of aromatic nitrogens is 1. The zero-order valence-corrected chi connectivity index (χ0v) is 16.1. The average Bonchev–Trinajstić information content (AvgIpc) is 3.02. The van der Waals surface area contributed by atoms with Crippen molar-refractivity contribution < 1.29 is 14.3 Å². The second-order valence-electron chi connectivity index (χ2n) is 7.67. The molecule has 1 fully saturated rings. The van der Waals surface area contributed by atoms with E-state index in [2.05, 4.69) is 11.9 Å². The molecule has 0 saturated carbocycles. The van der Waals surface area contributed by atoms with Crippen molar-refractivity contribution in [1.82, 2.24) is 9.88 Å². The fraction of sp³-hybridized carbons (Fsp3) is 0.476. The number of carbonyl (C=O) groups excluding carboxylic acids is 1. The third-order valence-electron chi connectivity index (χ3n) is 4.77. The Balaban J connectivity index is 1.73. The van der Waals surface area contributed by atoms with Gasteiger partial charge in [0.2, 0.25) is 11.8 Å². The zero-order valence-electron chi connectivity index (χ0n) is 16.1. The monoisotopic (exact) mass is 367 g/mol. The number of amides is 1. The van der Waals surface area contributed by atoms with Gasteiger partial charge in [-0.1, -0.05) is 13.0 Å². The Morgan fingerprint density at radius 1 is 1.41 bits per heavy atom. The second-order valence-corrected chi connectivity index (χ2v) is 7.67. The van der Waals surface area contributed by atoms with E-state index in [1.54, 1.807) is 11.1 Å². The highest BCUT2D eigenvalue weighted by Gasteiger charge is 2.36. The standard InChI is InChI=1S/C21H25N3O3/c1-15(2)27-17-5-4-16-7-10-23-20(18(16)12-17)26-14-21(3)8-11-24(13-21)19(25)6-9-22/h4-5,7,10,12,15H,6,8,11,13-14H2,1-3H3. The molecule has 1 aromatic heterocycles. The van der Waals surface area contributed by atoms with Gasteiger partial charge in [-0.2, -0.15) is 5.26 Å². The smallest absolute Gasteiger partial charge is 0.236 e. The molecule has 1 aliphatic heterocycles. The van der Waals surface area contributed by atoms with Crippen LogP contribution in [0.1, 0.15) is 33.6 Å². The van der Waals surface area contributed by atoms with E-state index in [-0.39, 0.29) is 23.8 Å². The molecule has 6 heteroatoms. The molecule has 1 saturated heterocycles. The van der Waals surface area contributed by atoms with E-state index in [4.69, 9.17) is 14.7 Å². The second kappa shape index (κ2) is 7.83. The predicted octanol–water partition coefficient (Wildman–Crippen LogP) is 3.55. The van der Waals surface area contributed by atoms with Crippen LogP contribution in [0.5, 0.6) is 11.6 Å². The maximum Gasteiger partial charge on any atom is 0.236 e. The molecule has 0 bridgehead atoms. The van der Waals surface area contributed by atoms with Crippen LogP contribution in [-0.2, 0) is 4.79 Å². The van der Waals surface area contributed by atoms with Crippen molar-refractivity contribution in [3.05, 3.63) is 30.5 Å². The Hall–Kier alpha value is -2.81. The SMILES string of the molecule is CC(C)Oc1ccc2ccnc(OCC3(C)CCN(C(=O)CC#N)C3)c2c1. The number of ether oxygens (including phenoxy) is 2. The lowest BCUT2D eigenvalue weighted by atomic mass is 9.91. The Bertz CT molecular complexity index is 875. The molecule has 0 radical (unpaired) electrons. The van der Waals surface area contributed by atoms with E-state index in [0.717, 1.165) is 22.9 Å². The van der Waals surface area contributed by atoms with Crippen LogP contribution >= 0.6 is 0 Å². The summed E-state index contributed by atoms with van der Waals surface area (Å²) in [6.45, 7) is 7.81. The molecule has 142 valence electrons. The lowest BCUT2D eigenvalue weighted by molar-refractivity contribution is -0.129. The molecule has 0 spiro atoms. The van der Waals surface area contributed by atoms with Crippen molar-refractivity contribution in [3.8, 4) is 17.7 Å². The van der Waals surface area contributed by atoms with Crippen LogP contribution in [0.25, 0.3) is 10.8 Å². The summed E-state index contributed by atoms with van der Waals surface area (Å²) in [5.74, 6) is 1.25. The van der Waals surface area contributed by atoms with Gasteiger partial charge in [0, 0.05) is 30.1 Å². The van der Waals surface area contributed by atoms with Crippen molar-refractivity contribution >= 4 is 16.7 Å². The minimum Gasteiger partial charge on any atom is -0.491 e. The molecule has 1 aliphatic rings. The predicted molar refractivity (Wildman–Crippen MR) is 103 cm³/mol. The van der Waals surface area contributed by atoms with Gasteiger partial charge in [0.05, 0.1) is 18.8 Å². The fourth-order valence-electron chi connectivity index (χ4n) is 3.36. The summed E-state index contributed by atoms with van der Waals surface area (Å²) in [6.07, 6.45) is 2.61. The number of nitriles is 1. The Morgan fingerprint density at radius 3 is 2.96 bits per heavy atom. The van der Waals surface area contributed by atoms with Gasteiger partial charge in [-0.25, -0.2) is 4.98 Å². The Kier molecular flexibility index (Phi) is 5.50. The van der Waals surface area contributed by atoms with E-state index in [1.165, 1.54) is 0 Å². The number of rotatable bonds is 6. The average molecular weight is 367 g/mol. The van der Waals surface area contributed by atoms with Gasteiger partial charge in [0.1, 0.15) is 12.2 Å².